The van der Waals surface area contributed by atoms with E-state index in [4.69, 9.17) is 0 Å². The predicted octanol–water partition coefficient (Wildman–Crippen LogP) is 3.41. The van der Waals surface area contributed by atoms with Gasteiger partial charge in [0.2, 0.25) is 0 Å². The number of hydrogen-bond donors (Lipinski definition) is 0. The van der Waals surface area contributed by atoms with Crippen LogP contribution in [-0.2, 0) is 6.54 Å². The molecule has 1 aliphatic heterocycles. The quantitative estimate of drug-likeness (QED) is 0.734. The van der Waals surface area contributed by atoms with E-state index in [1.807, 2.05) is 36.9 Å². The Kier molecular flexibility index (Phi) is 4.46. The zero-order valence-electron chi connectivity index (χ0n) is 14.5. The van der Waals surface area contributed by atoms with Gasteiger partial charge in [0.05, 0.1) is 6.54 Å². The minimum Gasteiger partial charge on any atom is -0.356 e. The average molecular weight is 333 g/mol. The molecule has 0 amide bonds. The van der Waals surface area contributed by atoms with Crippen LogP contribution in [0, 0.1) is 6.92 Å². The summed E-state index contributed by atoms with van der Waals surface area (Å²) in [5.74, 6) is 2.68. The maximum Gasteiger partial charge on any atom is 0.128 e. The molecule has 4 heterocycles. The number of aryl methyl sites for hydroxylation is 1. The number of hydrogen-bond acceptors (Lipinski definition) is 4. The molecule has 0 N–H and O–H groups in total. The fourth-order valence-corrected chi connectivity index (χ4v) is 3.59. The zero-order chi connectivity index (χ0) is 17.1. The lowest BCUT2D eigenvalue weighted by atomic mass is 9.97. The van der Waals surface area contributed by atoms with Gasteiger partial charge in [-0.15, -0.1) is 0 Å². The van der Waals surface area contributed by atoms with Crippen molar-refractivity contribution in [1.82, 2.24) is 19.5 Å². The third-order valence-corrected chi connectivity index (χ3v) is 4.83. The van der Waals surface area contributed by atoms with E-state index in [9.17, 15) is 0 Å². The van der Waals surface area contributed by atoms with Crippen LogP contribution < -0.4 is 4.90 Å². The lowest BCUT2D eigenvalue weighted by Gasteiger charge is -2.33. The molecular formula is C20H23N5. The number of imidazole rings is 1. The first-order valence-electron chi connectivity index (χ1n) is 8.87. The number of pyridine rings is 2. The molecule has 0 aliphatic carbocycles. The van der Waals surface area contributed by atoms with Crippen molar-refractivity contribution in [2.75, 3.05) is 18.0 Å². The normalized spacial score (nSPS) is 17.6. The van der Waals surface area contributed by atoms with Gasteiger partial charge in [0.25, 0.3) is 0 Å². The smallest absolute Gasteiger partial charge is 0.128 e. The fraction of sp³-hybridized carbons (Fsp3) is 0.350. The first kappa shape index (κ1) is 15.8. The minimum atomic E-state index is 0.433. The average Bonchev–Trinajstić information content (AvgIpc) is 3.11. The van der Waals surface area contributed by atoms with E-state index in [1.54, 1.807) is 0 Å². The van der Waals surface area contributed by atoms with Gasteiger partial charge in [-0.2, -0.15) is 0 Å². The molecule has 3 aromatic heterocycles. The molecule has 3 aromatic rings. The summed E-state index contributed by atoms with van der Waals surface area (Å²) in [6.45, 7) is 4.98. The molecule has 128 valence electrons. The van der Waals surface area contributed by atoms with Crippen molar-refractivity contribution in [2.24, 2.45) is 0 Å². The molecule has 0 spiro atoms. The molecule has 5 heteroatoms. The van der Waals surface area contributed by atoms with E-state index in [1.165, 1.54) is 29.8 Å². The summed E-state index contributed by atoms with van der Waals surface area (Å²) in [5.41, 5.74) is 2.46. The van der Waals surface area contributed by atoms with Crippen LogP contribution in [0.3, 0.4) is 0 Å². The maximum atomic E-state index is 4.68. The number of nitrogens with zero attached hydrogens (tertiary/aromatic N) is 5. The molecule has 1 unspecified atom stereocenters. The third kappa shape index (κ3) is 3.55. The van der Waals surface area contributed by atoms with Crippen LogP contribution in [0.5, 0.6) is 0 Å². The maximum absolute atomic E-state index is 4.68. The number of piperidine rings is 1. The molecule has 5 nitrogen and oxygen atoms in total. The van der Waals surface area contributed by atoms with E-state index in [0.29, 0.717) is 5.92 Å². The Morgan fingerprint density at radius 3 is 2.96 bits per heavy atom. The van der Waals surface area contributed by atoms with Crippen molar-refractivity contribution >= 4 is 5.82 Å². The van der Waals surface area contributed by atoms with Crippen molar-refractivity contribution in [3.63, 3.8) is 0 Å². The van der Waals surface area contributed by atoms with Crippen molar-refractivity contribution in [1.29, 1.82) is 0 Å². The molecule has 0 radical (unpaired) electrons. The van der Waals surface area contributed by atoms with Gasteiger partial charge < -0.3 is 9.47 Å². The van der Waals surface area contributed by atoms with Crippen molar-refractivity contribution in [3.8, 4) is 0 Å². The summed E-state index contributed by atoms with van der Waals surface area (Å²) in [5, 5.41) is 0. The Bertz CT molecular complexity index is 827. The van der Waals surface area contributed by atoms with Crippen molar-refractivity contribution in [3.05, 3.63) is 72.2 Å². The third-order valence-electron chi connectivity index (χ3n) is 4.83. The van der Waals surface area contributed by atoms with Crippen LogP contribution in [0.4, 0.5) is 5.82 Å². The summed E-state index contributed by atoms with van der Waals surface area (Å²) < 4.78 is 2.26. The molecule has 0 saturated carbocycles. The highest BCUT2D eigenvalue weighted by molar-refractivity contribution is 5.41. The van der Waals surface area contributed by atoms with Crippen LogP contribution in [0.2, 0.25) is 0 Å². The molecule has 1 aliphatic rings. The fourth-order valence-electron chi connectivity index (χ4n) is 3.59. The molecule has 1 saturated heterocycles. The lowest BCUT2D eigenvalue weighted by Crippen LogP contribution is -2.36. The van der Waals surface area contributed by atoms with Crippen LogP contribution in [0.25, 0.3) is 0 Å². The minimum absolute atomic E-state index is 0.433. The zero-order valence-corrected chi connectivity index (χ0v) is 14.5. The van der Waals surface area contributed by atoms with Crippen LogP contribution in [0.15, 0.2) is 55.2 Å². The van der Waals surface area contributed by atoms with Gasteiger partial charge in [-0.25, -0.2) is 9.97 Å². The Labute approximate surface area is 148 Å². The molecule has 1 atom stereocenters. The van der Waals surface area contributed by atoms with Gasteiger partial charge in [0.1, 0.15) is 11.6 Å². The highest BCUT2D eigenvalue weighted by atomic mass is 15.2. The highest BCUT2D eigenvalue weighted by Crippen LogP contribution is 2.29. The second-order valence-electron chi connectivity index (χ2n) is 6.75. The second kappa shape index (κ2) is 7.05. The van der Waals surface area contributed by atoms with Crippen molar-refractivity contribution < 1.29 is 0 Å². The van der Waals surface area contributed by atoms with Gasteiger partial charge >= 0.3 is 0 Å². The second-order valence-corrected chi connectivity index (χ2v) is 6.75. The molecule has 0 bridgehead atoms. The van der Waals surface area contributed by atoms with Gasteiger partial charge in [-0.05, 0) is 49.1 Å². The SMILES string of the molecule is Cc1ccnc(N2CCCC(c3nccn3Cc3cccnc3)C2)c1. The summed E-state index contributed by atoms with van der Waals surface area (Å²) in [6.07, 6.45) is 12.0. The number of rotatable bonds is 4. The largest absolute Gasteiger partial charge is 0.356 e. The first-order valence-corrected chi connectivity index (χ1v) is 8.87. The molecule has 0 aromatic carbocycles. The Morgan fingerprint density at radius 1 is 1.16 bits per heavy atom. The van der Waals surface area contributed by atoms with E-state index in [0.717, 1.165) is 25.5 Å². The van der Waals surface area contributed by atoms with Gasteiger partial charge in [-0.3, -0.25) is 4.98 Å². The molecular weight excluding hydrogens is 310 g/mol. The number of aromatic nitrogens is 4. The van der Waals surface area contributed by atoms with Crippen LogP contribution in [-0.4, -0.2) is 32.6 Å². The van der Waals surface area contributed by atoms with Gasteiger partial charge in [-0.1, -0.05) is 6.07 Å². The first-order chi connectivity index (χ1) is 12.3. The summed E-state index contributed by atoms with van der Waals surface area (Å²) in [6, 6.07) is 8.31. The van der Waals surface area contributed by atoms with Gasteiger partial charge in [0, 0.05) is 50.0 Å². The Morgan fingerprint density at radius 2 is 2.12 bits per heavy atom. The monoisotopic (exact) mass is 333 g/mol. The lowest BCUT2D eigenvalue weighted by molar-refractivity contribution is 0.474. The highest BCUT2D eigenvalue weighted by Gasteiger charge is 2.25. The molecule has 25 heavy (non-hydrogen) atoms. The summed E-state index contributed by atoms with van der Waals surface area (Å²) >= 11 is 0. The van der Waals surface area contributed by atoms with Gasteiger partial charge in [0.15, 0.2) is 0 Å². The predicted molar refractivity (Wildman–Crippen MR) is 98.7 cm³/mol. The van der Waals surface area contributed by atoms with Crippen LogP contribution >= 0.6 is 0 Å². The standard InChI is InChI=1S/C20H23N5/c1-16-6-8-22-19(12-16)24-10-3-5-18(15-24)20-23-9-11-25(20)14-17-4-2-7-21-13-17/h2,4,6-9,11-13,18H,3,5,10,14-15H2,1H3. The summed E-state index contributed by atoms with van der Waals surface area (Å²) in [4.78, 5) is 15.8. The summed E-state index contributed by atoms with van der Waals surface area (Å²) in [7, 11) is 0. The topological polar surface area (TPSA) is 46.8 Å². The molecule has 1 fully saturated rings. The van der Waals surface area contributed by atoms with E-state index < -0.39 is 0 Å². The molecule has 4 rings (SSSR count). The Balaban J connectivity index is 1.53. The van der Waals surface area contributed by atoms with Crippen LogP contribution in [0.1, 0.15) is 35.7 Å². The van der Waals surface area contributed by atoms with E-state index >= 15 is 0 Å². The van der Waals surface area contributed by atoms with E-state index in [-0.39, 0.29) is 0 Å². The van der Waals surface area contributed by atoms with E-state index in [2.05, 4.69) is 49.7 Å². The van der Waals surface area contributed by atoms with Crippen molar-refractivity contribution in [2.45, 2.75) is 32.2 Å². The number of anilines is 1. The Hall–Kier alpha value is -2.69.